The van der Waals surface area contributed by atoms with E-state index in [0.29, 0.717) is 0 Å². The van der Waals surface area contributed by atoms with Crippen molar-refractivity contribution in [1.82, 2.24) is 10.2 Å². The van der Waals surface area contributed by atoms with Crippen LogP contribution in [0.5, 0.6) is 0 Å². The fourth-order valence-electron chi connectivity index (χ4n) is 1.12. The van der Waals surface area contributed by atoms with Crippen LogP contribution in [0.25, 0.3) is 0 Å². The first-order valence-corrected chi connectivity index (χ1v) is 3.80. The average molecular weight is 162 g/mol. The van der Waals surface area contributed by atoms with Gasteiger partial charge in [0.25, 0.3) is 0 Å². The Morgan fingerprint density at radius 1 is 1.33 bits per heavy atom. The summed E-state index contributed by atoms with van der Waals surface area (Å²) in [7, 11) is 0. The molecule has 12 heavy (non-hydrogen) atoms. The van der Waals surface area contributed by atoms with E-state index in [4.69, 9.17) is 0 Å². The van der Waals surface area contributed by atoms with Gasteiger partial charge in [-0.3, -0.25) is 10.1 Å². The lowest BCUT2D eigenvalue weighted by Crippen LogP contribution is -1.94. The number of aromatic nitrogens is 2. The first kappa shape index (κ1) is 7.09. The van der Waals surface area contributed by atoms with Crippen molar-refractivity contribution in [2.24, 2.45) is 4.99 Å². The van der Waals surface area contributed by atoms with Crippen LogP contribution in [0.4, 0.5) is 11.5 Å². The lowest BCUT2D eigenvalue weighted by atomic mass is 10.4. The third-order valence-electron chi connectivity index (χ3n) is 1.76. The van der Waals surface area contributed by atoms with Crippen molar-refractivity contribution in [3.8, 4) is 0 Å². The van der Waals surface area contributed by atoms with Crippen molar-refractivity contribution in [2.45, 2.75) is 13.8 Å². The molecule has 4 nitrogen and oxygen atoms in total. The molecule has 1 aromatic heterocycles. The molecule has 4 heteroatoms. The van der Waals surface area contributed by atoms with Gasteiger partial charge in [-0.1, -0.05) is 0 Å². The van der Waals surface area contributed by atoms with E-state index in [1.165, 1.54) is 0 Å². The molecule has 1 aliphatic rings. The van der Waals surface area contributed by atoms with Gasteiger partial charge in [0.1, 0.15) is 5.69 Å². The monoisotopic (exact) mass is 162 g/mol. The van der Waals surface area contributed by atoms with Gasteiger partial charge in [0, 0.05) is 11.9 Å². The van der Waals surface area contributed by atoms with Crippen LogP contribution in [0.3, 0.4) is 0 Å². The van der Waals surface area contributed by atoms with Crippen LogP contribution in [-0.4, -0.2) is 16.4 Å². The van der Waals surface area contributed by atoms with E-state index in [2.05, 4.69) is 20.5 Å². The maximum Gasteiger partial charge on any atom is 0.178 e. The van der Waals surface area contributed by atoms with Gasteiger partial charge in [-0.25, -0.2) is 0 Å². The smallest absolute Gasteiger partial charge is 0.178 e. The number of hydrogen-bond donors (Lipinski definition) is 2. The molecule has 0 fully saturated rings. The number of aromatic amines is 1. The summed E-state index contributed by atoms with van der Waals surface area (Å²) < 4.78 is 0. The Morgan fingerprint density at radius 3 is 3.00 bits per heavy atom. The zero-order valence-corrected chi connectivity index (χ0v) is 7.05. The Labute approximate surface area is 70.4 Å². The molecule has 2 N–H and O–H groups in total. The number of anilines is 1. The summed E-state index contributed by atoms with van der Waals surface area (Å²) in [5.74, 6) is 0.801. The second-order valence-electron chi connectivity index (χ2n) is 2.80. The molecule has 0 bridgehead atoms. The van der Waals surface area contributed by atoms with Crippen molar-refractivity contribution in [2.75, 3.05) is 5.32 Å². The van der Waals surface area contributed by atoms with Gasteiger partial charge in [0.2, 0.25) is 0 Å². The molecule has 62 valence electrons. The number of aryl methyl sites for hydroxylation is 1. The Bertz CT molecular complexity index is 359. The molecular formula is C8H10N4. The predicted octanol–water partition coefficient (Wildman–Crippen LogP) is 1.75. The van der Waals surface area contributed by atoms with Crippen LogP contribution >= 0.6 is 0 Å². The zero-order valence-electron chi connectivity index (χ0n) is 7.05. The van der Waals surface area contributed by atoms with E-state index in [1.807, 2.05) is 19.9 Å². The Kier molecular flexibility index (Phi) is 1.46. The molecule has 0 radical (unpaired) electrons. The van der Waals surface area contributed by atoms with E-state index >= 15 is 0 Å². The molecule has 0 spiro atoms. The van der Waals surface area contributed by atoms with Crippen LogP contribution in [0, 0.1) is 6.92 Å². The van der Waals surface area contributed by atoms with Gasteiger partial charge in [-0.15, -0.1) is 0 Å². The van der Waals surface area contributed by atoms with E-state index in [1.54, 1.807) is 6.21 Å². The molecule has 0 unspecified atom stereocenters. The summed E-state index contributed by atoms with van der Waals surface area (Å²) in [6.07, 6.45) is 3.69. The van der Waals surface area contributed by atoms with Gasteiger partial charge in [0.15, 0.2) is 5.82 Å². The Morgan fingerprint density at radius 2 is 2.17 bits per heavy atom. The molecule has 0 aromatic carbocycles. The van der Waals surface area contributed by atoms with Crippen molar-refractivity contribution in [3.05, 3.63) is 17.5 Å². The normalized spacial score (nSPS) is 14.7. The van der Waals surface area contributed by atoms with Gasteiger partial charge in [-0.2, -0.15) is 5.10 Å². The highest BCUT2D eigenvalue weighted by atomic mass is 15.2. The zero-order chi connectivity index (χ0) is 8.55. The van der Waals surface area contributed by atoms with Crippen LogP contribution in [0.1, 0.15) is 12.6 Å². The van der Waals surface area contributed by atoms with Crippen molar-refractivity contribution < 1.29 is 0 Å². The fraction of sp³-hybridized carbons (Fsp3) is 0.250. The third-order valence-corrected chi connectivity index (χ3v) is 1.76. The van der Waals surface area contributed by atoms with Gasteiger partial charge in [-0.05, 0) is 19.9 Å². The van der Waals surface area contributed by atoms with Crippen LogP contribution in [0.2, 0.25) is 0 Å². The number of allylic oxidation sites excluding steroid dienone is 2. The summed E-state index contributed by atoms with van der Waals surface area (Å²) in [5.41, 5.74) is 2.92. The molecule has 0 atom stereocenters. The fourth-order valence-corrected chi connectivity index (χ4v) is 1.12. The minimum atomic E-state index is 0.801. The van der Waals surface area contributed by atoms with Crippen molar-refractivity contribution >= 4 is 17.7 Å². The van der Waals surface area contributed by atoms with Gasteiger partial charge >= 0.3 is 0 Å². The average Bonchev–Trinajstić information content (AvgIpc) is 2.31. The molecule has 2 rings (SSSR count). The first-order valence-electron chi connectivity index (χ1n) is 3.80. The molecule has 0 aliphatic carbocycles. The highest BCUT2D eigenvalue weighted by Gasteiger charge is 2.09. The number of H-pyrrole nitrogens is 1. The number of nitrogens with zero attached hydrogens (tertiary/aromatic N) is 2. The second kappa shape index (κ2) is 2.48. The van der Waals surface area contributed by atoms with Crippen LogP contribution < -0.4 is 5.32 Å². The van der Waals surface area contributed by atoms with Gasteiger partial charge in [0.05, 0.1) is 5.69 Å². The molecular weight excluding hydrogens is 152 g/mol. The minimum absolute atomic E-state index is 0.801. The number of hydrogen-bond acceptors (Lipinski definition) is 3. The summed E-state index contributed by atoms with van der Waals surface area (Å²) in [5, 5.41) is 10.1. The van der Waals surface area contributed by atoms with E-state index < -0.39 is 0 Å². The van der Waals surface area contributed by atoms with Crippen LogP contribution in [-0.2, 0) is 0 Å². The quantitative estimate of drug-likeness (QED) is 0.610. The molecule has 0 amide bonds. The van der Waals surface area contributed by atoms with E-state index in [-0.39, 0.29) is 0 Å². The maximum absolute atomic E-state index is 4.24. The summed E-state index contributed by atoms with van der Waals surface area (Å²) in [6, 6.07) is 0. The minimum Gasteiger partial charge on any atom is -0.341 e. The van der Waals surface area contributed by atoms with Crippen molar-refractivity contribution in [1.29, 1.82) is 0 Å². The number of nitrogens with one attached hydrogen (secondary N) is 2. The summed E-state index contributed by atoms with van der Waals surface area (Å²) in [4.78, 5) is 4.24. The molecule has 0 saturated heterocycles. The first-order chi connectivity index (χ1) is 5.77. The van der Waals surface area contributed by atoms with E-state index in [9.17, 15) is 0 Å². The number of rotatable bonds is 0. The van der Waals surface area contributed by atoms with Crippen LogP contribution in [0.15, 0.2) is 16.8 Å². The SMILES string of the molecule is CC1=CC=Nc2c(n[nH]c2C)N1. The standard InChI is InChI=1S/C8H10N4/c1-5-3-4-9-7-6(2)11-12-8(7)10-5/h3-4H,1-2H3,(H2,10,11,12). The molecule has 2 heterocycles. The van der Waals surface area contributed by atoms with Gasteiger partial charge < -0.3 is 5.32 Å². The topological polar surface area (TPSA) is 53.1 Å². The maximum atomic E-state index is 4.24. The third kappa shape index (κ3) is 1.01. The Balaban J connectivity index is 2.51. The second-order valence-corrected chi connectivity index (χ2v) is 2.80. The Hall–Kier alpha value is -1.58. The number of fused-ring (bicyclic) bond motifs is 1. The lowest BCUT2D eigenvalue weighted by Gasteiger charge is -1.99. The number of aliphatic imine (C=N–C) groups is 1. The largest absolute Gasteiger partial charge is 0.341 e. The summed E-state index contributed by atoms with van der Waals surface area (Å²) >= 11 is 0. The molecule has 1 aromatic rings. The molecule has 1 aliphatic heterocycles. The predicted molar refractivity (Wildman–Crippen MR) is 48.9 cm³/mol. The van der Waals surface area contributed by atoms with Crippen molar-refractivity contribution in [3.63, 3.8) is 0 Å². The lowest BCUT2D eigenvalue weighted by molar-refractivity contribution is 1.04. The van der Waals surface area contributed by atoms with E-state index in [0.717, 1.165) is 22.9 Å². The molecule has 0 saturated carbocycles. The highest BCUT2D eigenvalue weighted by molar-refractivity contribution is 5.82. The summed E-state index contributed by atoms with van der Waals surface area (Å²) in [6.45, 7) is 3.93. The highest BCUT2D eigenvalue weighted by Crippen LogP contribution is 2.27.